The molecule has 0 radical (unpaired) electrons. The van der Waals surface area contributed by atoms with Crippen molar-refractivity contribution in [3.8, 4) is 11.3 Å². The second-order valence-corrected chi connectivity index (χ2v) is 10.5. The Bertz CT molecular complexity index is 1580. The Hall–Kier alpha value is -4.04. The van der Waals surface area contributed by atoms with E-state index in [0.717, 1.165) is 54.2 Å². The molecule has 14 heteroatoms. The number of alkyl halides is 6. The third-order valence-corrected chi connectivity index (χ3v) is 7.40. The van der Waals surface area contributed by atoms with Gasteiger partial charge < -0.3 is 15.0 Å². The summed E-state index contributed by atoms with van der Waals surface area (Å²) in [6, 6.07) is 12.4. The highest BCUT2D eigenvalue weighted by Gasteiger charge is 2.32. The zero-order chi connectivity index (χ0) is 30.9. The van der Waals surface area contributed by atoms with Crippen LogP contribution in [-0.4, -0.2) is 42.1 Å². The van der Waals surface area contributed by atoms with Crippen molar-refractivity contribution in [1.29, 1.82) is 0 Å². The van der Waals surface area contributed by atoms with Crippen molar-refractivity contribution in [2.24, 2.45) is 7.05 Å². The SMILES string of the molecule is Cn1ncc(Br)c1-c1cc(N2CCOCC2)cc(N(C(=O)Nc2ccc(C(F)(F)F)cc2)c2ccc(C(F)(F)F)cc2)c1. The van der Waals surface area contributed by atoms with Gasteiger partial charge in [0.25, 0.3) is 0 Å². The van der Waals surface area contributed by atoms with Crippen LogP contribution in [0.1, 0.15) is 11.1 Å². The van der Waals surface area contributed by atoms with Gasteiger partial charge in [0.05, 0.1) is 52.1 Å². The van der Waals surface area contributed by atoms with Crippen LogP contribution < -0.4 is 15.1 Å². The number of nitrogens with one attached hydrogen (secondary N) is 1. The quantitative estimate of drug-likeness (QED) is 0.219. The van der Waals surface area contributed by atoms with Crippen LogP contribution in [0.2, 0.25) is 0 Å². The largest absolute Gasteiger partial charge is 0.416 e. The van der Waals surface area contributed by atoms with Crippen molar-refractivity contribution >= 4 is 44.7 Å². The molecule has 226 valence electrons. The van der Waals surface area contributed by atoms with Crippen LogP contribution in [0.5, 0.6) is 0 Å². The summed E-state index contributed by atoms with van der Waals surface area (Å²) in [5, 5.41) is 6.85. The number of ether oxygens (including phenoxy) is 1. The number of carbonyl (C=O) groups is 1. The van der Waals surface area contributed by atoms with Crippen molar-refractivity contribution in [2.45, 2.75) is 12.4 Å². The molecule has 7 nitrogen and oxygen atoms in total. The molecule has 4 aromatic rings. The van der Waals surface area contributed by atoms with E-state index in [1.165, 1.54) is 4.90 Å². The molecule has 1 fully saturated rings. The molecule has 1 aliphatic rings. The maximum Gasteiger partial charge on any atom is 0.416 e. The van der Waals surface area contributed by atoms with Gasteiger partial charge in [-0.25, -0.2) is 4.79 Å². The fourth-order valence-electron chi connectivity index (χ4n) is 4.71. The van der Waals surface area contributed by atoms with Crippen LogP contribution in [0, 0.1) is 0 Å². The van der Waals surface area contributed by atoms with Gasteiger partial charge in [0.1, 0.15) is 0 Å². The predicted octanol–water partition coefficient (Wildman–Crippen LogP) is 8.09. The number of halogens is 7. The van der Waals surface area contributed by atoms with Crippen LogP contribution in [0.25, 0.3) is 11.3 Å². The Morgan fingerprint density at radius 2 is 1.47 bits per heavy atom. The third kappa shape index (κ3) is 6.80. The minimum absolute atomic E-state index is 0.0637. The van der Waals surface area contributed by atoms with Crippen molar-refractivity contribution in [2.75, 3.05) is 41.4 Å². The number of nitrogens with zero attached hydrogens (tertiary/aromatic N) is 4. The molecule has 0 spiro atoms. The molecule has 1 aliphatic heterocycles. The van der Waals surface area contributed by atoms with Crippen molar-refractivity contribution in [1.82, 2.24) is 9.78 Å². The molecule has 1 aromatic heterocycles. The van der Waals surface area contributed by atoms with Gasteiger partial charge >= 0.3 is 18.4 Å². The Kier molecular flexibility index (Phi) is 8.43. The first-order valence-corrected chi connectivity index (χ1v) is 13.7. The lowest BCUT2D eigenvalue weighted by Crippen LogP contribution is -2.36. The molecule has 1 saturated heterocycles. The number of amides is 2. The average Bonchev–Trinajstić information content (AvgIpc) is 3.30. The minimum Gasteiger partial charge on any atom is -0.378 e. The summed E-state index contributed by atoms with van der Waals surface area (Å²) >= 11 is 3.50. The van der Waals surface area contributed by atoms with E-state index in [1.54, 1.807) is 30.1 Å². The second kappa shape index (κ2) is 11.9. The number of hydrogen-bond acceptors (Lipinski definition) is 4. The topological polar surface area (TPSA) is 62.6 Å². The van der Waals surface area contributed by atoms with Crippen LogP contribution >= 0.6 is 15.9 Å². The first-order chi connectivity index (χ1) is 20.3. The minimum atomic E-state index is -4.60. The molecular weight excluding hydrogens is 644 g/mol. The summed E-state index contributed by atoms with van der Waals surface area (Å²) < 4.78 is 87.1. The molecule has 2 amide bonds. The zero-order valence-electron chi connectivity index (χ0n) is 22.5. The monoisotopic (exact) mass is 667 g/mol. The number of anilines is 4. The number of urea groups is 1. The number of rotatable bonds is 5. The van der Waals surface area contributed by atoms with Crippen LogP contribution in [-0.2, 0) is 24.1 Å². The van der Waals surface area contributed by atoms with Gasteiger partial charge in [-0.2, -0.15) is 31.4 Å². The summed E-state index contributed by atoms with van der Waals surface area (Å²) in [6.45, 7) is 2.08. The smallest absolute Gasteiger partial charge is 0.378 e. The Labute approximate surface area is 250 Å². The van der Waals surface area contributed by atoms with E-state index in [4.69, 9.17) is 4.74 Å². The second-order valence-electron chi connectivity index (χ2n) is 9.69. The fraction of sp³-hybridized carbons (Fsp3) is 0.241. The summed E-state index contributed by atoms with van der Waals surface area (Å²) in [5.74, 6) is 0. The van der Waals surface area contributed by atoms with E-state index in [-0.39, 0.29) is 11.4 Å². The lowest BCUT2D eigenvalue weighted by atomic mass is 10.1. The summed E-state index contributed by atoms with van der Waals surface area (Å²) in [5.41, 5.74) is 0.743. The van der Waals surface area contributed by atoms with Crippen LogP contribution in [0.4, 0.5) is 53.9 Å². The van der Waals surface area contributed by atoms with E-state index in [0.29, 0.717) is 47.7 Å². The molecule has 43 heavy (non-hydrogen) atoms. The van der Waals surface area contributed by atoms with Gasteiger partial charge in [-0.3, -0.25) is 9.58 Å². The van der Waals surface area contributed by atoms with Gasteiger partial charge in [0, 0.05) is 37.1 Å². The summed E-state index contributed by atoms with van der Waals surface area (Å²) in [7, 11) is 1.74. The van der Waals surface area contributed by atoms with E-state index in [1.807, 2.05) is 6.07 Å². The molecule has 1 N–H and O–H groups in total. The lowest BCUT2D eigenvalue weighted by molar-refractivity contribution is -0.138. The average molecular weight is 668 g/mol. The van der Waals surface area contributed by atoms with Crippen molar-refractivity contribution < 1.29 is 35.9 Å². The van der Waals surface area contributed by atoms with Gasteiger partial charge in [-0.05, 0) is 82.7 Å². The lowest BCUT2D eigenvalue weighted by Gasteiger charge is -2.31. The van der Waals surface area contributed by atoms with Crippen LogP contribution in [0.3, 0.4) is 0 Å². The Morgan fingerprint density at radius 1 is 0.884 bits per heavy atom. The van der Waals surface area contributed by atoms with E-state index < -0.39 is 29.5 Å². The van der Waals surface area contributed by atoms with Gasteiger partial charge in [-0.1, -0.05) is 0 Å². The van der Waals surface area contributed by atoms with Crippen molar-refractivity contribution in [3.63, 3.8) is 0 Å². The van der Waals surface area contributed by atoms with Gasteiger partial charge in [0.15, 0.2) is 0 Å². The highest BCUT2D eigenvalue weighted by atomic mass is 79.9. The van der Waals surface area contributed by atoms with E-state index >= 15 is 0 Å². The predicted molar refractivity (Wildman–Crippen MR) is 153 cm³/mol. The normalized spacial score (nSPS) is 14.1. The Morgan fingerprint density at radius 3 is 2.00 bits per heavy atom. The van der Waals surface area contributed by atoms with Gasteiger partial charge in [-0.15, -0.1) is 0 Å². The zero-order valence-corrected chi connectivity index (χ0v) is 24.1. The number of carbonyl (C=O) groups excluding carboxylic acids is 1. The number of hydrogen-bond donors (Lipinski definition) is 1. The highest BCUT2D eigenvalue weighted by molar-refractivity contribution is 9.10. The first kappa shape index (κ1) is 30.4. The molecule has 0 atom stereocenters. The number of morpholine rings is 1. The summed E-state index contributed by atoms with van der Waals surface area (Å²) in [4.78, 5) is 17.0. The fourth-order valence-corrected chi connectivity index (χ4v) is 5.28. The molecular formula is C29H24BrF6N5O2. The molecule has 0 bridgehead atoms. The third-order valence-electron chi connectivity index (χ3n) is 6.82. The number of benzene rings is 3. The standard InChI is InChI=1S/C29H24BrF6N5O2/c1-39-26(25(30)17-37-39)18-14-23(40-10-12-43-13-11-40)16-24(15-18)41(22-8-4-20(5-9-22)29(34,35)36)27(42)38-21-6-2-19(3-7-21)28(31,32)33/h2-9,14-17H,10-13H2,1H3,(H,38,42). The Balaban J connectivity index is 1.62. The molecule has 2 heterocycles. The first-order valence-electron chi connectivity index (χ1n) is 12.9. The molecule has 0 unspecified atom stereocenters. The van der Waals surface area contributed by atoms with E-state index in [2.05, 4.69) is 31.2 Å². The maximum absolute atomic E-state index is 13.8. The summed E-state index contributed by atoms with van der Waals surface area (Å²) in [6.07, 6.45) is -7.55. The highest BCUT2D eigenvalue weighted by Crippen LogP contribution is 2.39. The molecule has 3 aromatic carbocycles. The maximum atomic E-state index is 13.8. The number of aryl methyl sites for hydroxylation is 1. The van der Waals surface area contributed by atoms with E-state index in [9.17, 15) is 31.1 Å². The van der Waals surface area contributed by atoms with Crippen LogP contribution in [0.15, 0.2) is 77.4 Å². The molecule has 0 saturated carbocycles. The number of aromatic nitrogens is 2. The molecule has 0 aliphatic carbocycles. The van der Waals surface area contributed by atoms with Crippen molar-refractivity contribution in [3.05, 3.63) is 88.5 Å². The van der Waals surface area contributed by atoms with Gasteiger partial charge in [0.2, 0.25) is 0 Å². The molecule has 5 rings (SSSR count).